The molecule has 2 aromatic carbocycles. The summed E-state index contributed by atoms with van der Waals surface area (Å²) in [6, 6.07) is 15.4. The van der Waals surface area contributed by atoms with Crippen molar-refractivity contribution < 1.29 is 22.7 Å². The number of sulfonamides is 1. The number of benzene rings is 2. The summed E-state index contributed by atoms with van der Waals surface area (Å²) < 4.78 is 31.8. The summed E-state index contributed by atoms with van der Waals surface area (Å²) in [5.41, 5.74) is 1.52. The van der Waals surface area contributed by atoms with Crippen molar-refractivity contribution in [2.24, 2.45) is 4.99 Å². The van der Waals surface area contributed by atoms with Gasteiger partial charge in [-0.2, -0.15) is 0 Å². The lowest BCUT2D eigenvalue weighted by Crippen LogP contribution is -2.50. The van der Waals surface area contributed by atoms with Gasteiger partial charge in [-0.3, -0.25) is 14.5 Å². The number of piperazine rings is 1. The van der Waals surface area contributed by atoms with Gasteiger partial charge < -0.3 is 14.5 Å². The minimum absolute atomic E-state index is 0.0911. The van der Waals surface area contributed by atoms with Crippen LogP contribution in [0.3, 0.4) is 0 Å². The van der Waals surface area contributed by atoms with Crippen molar-refractivity contribution in [3.63, 3.8) is 0 Å². The summed E-state index contributed by atoms with van der Waals surface area (Å²) in [7, 11) is -3.69. The number of carbonyl (C=O) groups excluding carboxylic acids is 2. The second-order valence-electron chi connectivity index (χ2n) is 7.57. The second-order valence-corrected chi connectivity index (χ2v) is 9.22. The van der Waals surface area contributed by atoms with E-state index in [9.17, 15) is 18.0 Å². The lowest BCUT2D eigenvalue weighted by Gasteiger charge is -2.36. The Morgan fingerprint density at radius 2 is 1.69 bits per heavy atom. The van der Waals surface area contributed by atoms with E-state index in [4.69, 9.17) is 4.74 Å². The Labute approximate surface area is 186 Å². The number of fused-ring (bicyclic) bond motifs is 1. The first-order valence-corrected chi connectivity index (χ1v) is 11.8. The molecule has 1 amide bonds. The zero-order valence-corrected chi connectivity index (χ0v) is 18.4. The number of hydrogen-bond donors (Lipinski definition) is 1. The Morgan fingerprint density at radius 3 is 2.41 bits per heavy atom. The quantitative estimate of drug-likeness (QED) is 0.673. The molecule has 1 saturated heterocycles. The maximum absolute atomic E-state index is 12.5. The van der Waals surface area contributed by atoms with Crippen LogP contribution >= 0.6 is 0 Å². The number of carbonyl (C=O) groups is 2. The van der Waals surface area contributed by atoms with Crippen LogP contribution in [0.2, 0.25) is 0 Å². The normalized spacial score (nSPS) is 19.2. The van der Waals surface area contributed by atoms with E-state index in [0.717, 1.165) is 5.69 Å². The molecule has 2 heterocycles. The van der Waals surface area contributed by atoms with E-state index >= 15 is 0 Å². The Bertz CT molecular complexity index is 1140. The van der Waals surface area contributed by atoms with Gasteiger partial charge in [0, 0.05) is 37.4 Å². The van der Waals surface area contributed by atoms with Gasteiger partial charge in [-0.25, -0.2) is 13.2 Å². The van der Waals surface area contributed by atoms with Gasteiger partial charge in [0.05, 0.1) is 4.90 Å². The smallest absolute Gasteiger partial charge is 0.331 e. The van der Waals surface area contributed by atoms with Crippen molar-refractivity contribution in [1.29, 1.82) is 0 Å². The number of para-hydroxylation sites is 1. The molecule has 0 aliphatic carbocycles. The van der Waals surface area contributed by atoms with Crippen LogP contribution in [0.1, 0.15) is 12.5 Å². The van der Waals surface area contributed by atoms with Crippen molar-refractivity contribution in [2.45, 2.75) is 17.9 Å². The molecule has 168 valence electrons. The highest BCUT2D eigenvalue weighted by atomic mass is 32.2. The average Bonchev–Trinajstić information content (AvgIpc) is 3.07. The van der Waals surface area contributed by atoms with Crippen LogP contribution in [0.5, 0.6) is 0 Å². The summed E-state index contributed by atoms with van der Waals surface area (Å²) in [6.45, 7) is 3.61. The number of amidine groups is 1. The molecule has 0 spiro atoms. The molecule has 2 aliphatic heterocycles. The zero-order valence-electron chi connectivity index (χ0n) is 17.6. The summed E-state index contributed by atoms with van der Waals surface area (Å²) in [4.78, 5) is 33.0. The predicted molar refractivity (Wildman–Crippen MR) is 119 cm³/mol. The highest BCUT2D eigenvalue weighted by Gasteiger charge is 2.31. The van der Waals surface area contributed by atoms with Gasteiger partial charge in [0.15, 0.2) is 6.61 Å². The van der Waals surface area contributed by atoms with Crippen LogP contribution in [-0.4, -0.2) is 69.9 Å². The number of rotatable bonds is 5. The van der Waals surface area contributed by atoms with Crippen LogP contribution in [0.15, 0.2) is 64.5 Å². The van der Waals surface area contributed by atoms with Crippen molar-refractivity contribution in [3.05, 3.63) is 60.2 Å². The molecule has 2 aliphatic rings. The van der Waals surface area contributed by atoms with Crippen LogP contribution in [0.25, 0.3) is 0 Å². The molecule has 0 radical (unpaired) electrons. The molecule has 1 fully saturated rings. The minimum Gasteiger partial charge on any atom is -0.454 e. The van der Waals surface area contributed by atoms with E-state index in [1.54, 1.807) is 23.1 Å². The Balaban J connectivity index is 1.30. The molecule has 0 unspecified atom stereocenters. The van der Waals surface area contributed by atoms with Crippen molar-refractivity contribution in [3.8, 4) is 0 Å². The van der Waals surface area contributed by atoms with E-state index in [-0.39, 0.29) is 23.2 Å². The first-order chi connectivity index (χ1) is 15.3. The van der Waals surface area contributed by atoms with Gasteiger partial charge in [0.25, 0.3) is 15.9 Å². The van der Waals surface area contributed by atoms with Gasteiger partial charge in [-0.1, -0.05) is 30.3 Å². The molecular weight excluding hydrogens is 432 g/mol. The third-order valence-corrected chi connectivity index (χ3v) is 6.82. The third-order valence-electron chi connectivity index (χ3n) is 5.42. The fourth-order valence-electron chi connectivity index (χ4n) is 3.67. The number of anilines is 1. The van der Waals surface area contributed by atoms with Crippen LogP contribution in [-0.2, 0) is 24.3 Å². The number of ether oxygens (including phenoxy) is 1. The molecule has 0 bridgehead atoms. The highest BCUT2D eigenvalue weighted by molar-refractivity contribution is 7.90. The molecule has 32 heavy (non-hydrogen) atoms. The Hall–Kier alpha value is -3.40. The van der Waals surface area contributed by atoms with E-state index < -0.39 is 22.0 Å². The number of amides is 1. The van der Waals surface area contributed by atoms with Crippen molar-refractivity contribution in [1.82, 2.24) is 9.62 Å². The maximum Gasteiger partial charge on any atom is 0.331 e. The zero-order chi connectivity index (χ0) is 22.7. The SMILES string of the molecule is C[C@H](N=C1NS(=O)(=O)c2ccccc21)C(=O)OCC(=O)N1CCN(c2ccccc2)CC1. The first kappa shape index (κ1) is 21.8. The molecule has 0 aromatic heterocycles. The fourth-order valence-corrected chi connectivity index (χ4v) is 4.91. The van der Waals surface area contributed by atoms with E-state index in [1.807, 2.05) is 30.3 Å². The molecule has 0 saturated carbocycles. The molecule has 10 heteroatoms. The lowest BCUT2D eigenvalue weighted by molar-refractivity contribution is -0.152. The number of hydrogen-bond acceptors (Lipinski definition) is 7. The monoisotopic (exact) mass is 456 g/mol. The van der Waals surface area contributed by atoms with E-state index in [2.05, 4.69) is 14.6 Å². The highest BCUT2D eigenvalue weighted by Crippen LogP contribution is 2.22. The molecule has 1 N–H and O–H groups in total. The predicted octanol–water partition coefficient (Wildman–Crippen LogP) is 1.01. The molecule has 4 rings (SSSR count). The maximum atomic E-state index is 12.5. The van der Waals surface area contributed by atoms with Gasteiger partial charge in [0.1, 0.15) is 11.9 Å². The van der Waals surface area contributed by atoms with Gasteiger partial charge in [-0.05, 0) is 31.2 Å². The van der Waals surface area contributed by atoms with E-state index in [1.165, 1.54) is 13.0 Å². The standard InChI is InChI=1S/C22H24N4O5S/c1-16(23-21-18-9-5-6-10-19(18)32(29,30)24-21)22(28)31-15-20(27)26-13-11-25(12-14-26)17-7-3-2-4-8-17/h2-10,16H,11-15H2,1H3,(H,23,24)/t16-/m0/s1. The van der Waals surface area contributed by atoms with Gasteiger partial charge >= 0.3 is 5.97 Å². The fraction of sp³-hybridized carbons (Fsp3) is 0.318. The number of nitrogens with one attached hydrogen (secondary N) is 1. The van der Waals surface area contributed by atoms with Gasteiger partial charge in [0.2, 0.25) is 0 Å². The van der Waals surface area contributed by atoms with Crippen LogP contribution in [0, 0.1) is 0 Å². The Kier molecular flexibility index (Phi) is 6.13. The summed E-state index contributed by atoms with van der Waals surface area (Å²) in [5.74, 6) is -0.872. The topological polar surface area (TPSA) is 108 Å². The number of esters is 1. The molecule has 2 aromatic rings. The Morgan fingerprint density at radius 1 is 1.03 bits per heavy atom. The minimum atomic E-state index is -3.69. The average molecular weight is 457 g/mol. The summed E-state index contributed by atoms with van der Waals surface area (Å²) in [5, 5.41) is 0. The summed E-state index contributed by atoms with van der Waals surface area (Å²) >= 11 is 0. The van der Waals surface area contributed by atoms with Crippen LogP contribution in [0.4, 0.5) is 5.69 Å². The first-order valence-electron chi connectivity index (χ1n) is 10.3. The van der Waals surface area contributed by atoms with Gasteiger partial charge in [-0.15, -0.1) is 0 Å². The molecule has 9 nitrogen and oxygen atoms in total. The number of nitrogens with zero attached hydrogens (tertiary/aromatic N) is 3. The second kappa shape index (κ2) is 8.99. The lowest BCUT2D eigenvalue weighted by atomic mass is 10.2. The molecular formula is C22H24N4O5S. The van der Waals surface area contributed by atoms with Crippen LogP contribution < -0.4 is 9.62 Å². The molecule has 1 atom stereocenters. The van der Waals surface area contributed by atoms with E-state index in [0.29, 0.717) is 31.7 Å². The number of aliphatic imine (C=N–C) groups is 1. The summed E-state index contributed by atoms with van der Waals surface area (Å²) in [6.07, 6.45) is 0. The van der Waals surface area contributed by atoms with Crippen molar-refractivity contribution >= 4 is 33.4 Å². The largest absolute Gasteiger partial charge is 0.454 e. The van der Waals surface area contributed by atoms with Crippen molar-refractivity contribution in [2.75, 3.05) is 37.7 Å². The third kappa shape index (κ3) is 4.59.